The summed E-state index contributed by atoms with van der Waals surface area (Å²) in [5.41, 5.74) is 1.39. The molecule has 0 radical (unpaired) electrons. The molecule has 2 rings (SSSR count). The molecular formula is C22H39N5. The van der Waals surface area contributed by atoms with Crippen LogP contribution in [0.4, 0.5) is 0 Å². The average Bonchev–Trinajstić information content (AvgIpc) is 2.66. The van der Waals surface area contributed by atoms with Crippen LogP contribution in [0.15, 0.2) is 35.3 Å². The van der Waals surface area contributed by atoms with Crippen molar-refractivity contribution < 1.29 is 0 Å². The van der Waals surface area contributed by atoms with Gasteiger partial charge in [0.2, 0.25) is 0 Å². The minimum atomic E-state index is 0.0494. The number of nitrogens with one attached hydrogen (secondary N) is 2. The highest BCUT2D eigenvalue weighted by atomic mass is 15.3. The standard InChI is InChI=1S/C22H39N5/c1-18(2)20(27-14-12-26(6)13-15-27)16-24-21(23-5)25-17-22(3,4)19-10-8-7-9-11-19/h7-11,18,20H,12-17H2,1-6H3,(H2,23,24,25). The summed E-state index contributed by atoms with van der Waals surface area (Å²) in [4.78, 5) is 9.47. The molecule has 27 heavy (non-hydrogen) atoms. The second kappa shape index (κ2) is 10.1. The summed E-state index contributed by atoms with van der Waals surface area (Å²) in [6.45, 7) is 15.5. The monoisotopic (exact) mass is 373 g/mol. The second-order valence-corrected chi connectivity index (χ2v) is 8.71. The third-order valence-corrected chi connectivity index (χ3v) is 5.73. The molecule has 5 heteroatoms. The van der Waals surface area contributed by atoms with Crippen LogP contribution in [0.3, 0.4) is 0 Å². The Hall–Kier alpha value is -1.59. The number of hydrogen-bond acceptors (Lipinski definition) is 3. The summed E-state index contributed by atoms with van der Waals surface area (Å²) in [7, 11) is 4.06. The zero-order valence-corrected chi connectivity index (χ0v) is 18.1. The molecule has 1 heterocycles. The Morgan fingerprint density at radius 2 is 1.70 bits per heavy atom. The van der Waals surface area contributed by atoms with Crippen LogP contribution in [0.25, 0.3) is 0 Å². The molecule has 1 fully saturated rings. The largest absolute Gasteiger partial charge is 0.356 e. The number of likely N-dealkylation sites (N-methyl/N-ethyl adjacent to an activating group) is 1. The van der Waals surface area contributed by atoms with Gasteiger partial charge in [0, 0.05) is 57.8 Å². The van der Waals surface area contributed by atoms with Gasteiger partial charge in [0.25, 0.3) is 0 Å². The van der Waals surface area contributed by atoms with Crippen molar-refractivity contribution in [3.63, 3.8) is 0 Å². The third kappa shape index (κ3) is 6.51. The highest BCUT2D eigenvalue weighted by molar-refractivity contribution is 5.79. The number of nitrogens with zero attached hydrogens (tertiary/aromatic N) is 3. The molecule has 0 saturated carbocycles. The molecule has 152 valence electrons. The Kier molecular flexibility index (Phi) is 8.11. The number of aliphatic imine (C=N–C) groups is 1. The zero-order valence-electron chi connectivity index (χ0n) is 18.1. The van der Waals surface area contributed by atoms with Crippen LogP contribution in [-0.2, 0) is 5.41 Å². The Bertz CT molecular complexity index is 574. The van der Waals surface area contributed by atoms with E-state index in [1.54, 1.807) is 0 Å². The molecule has 1 unspecified atom stereocenters. The first-order valence-electron chi connectivity index (χ1n) is 10.3. The molecule has 1 atom stereocenters. The normalized spacial score (nSPS) is 18.6. The smallest absolute Gasteiger partial charge is 0.191 e. The fourth-order valence-corrected chi connectivity index (χ4v) is 3.66. The van der Waals surface area contributed by atoms with Crippen LogP contribution >= 0.6 is 0 Å². The maximum atomic E-state index is 4.44. The molecule has 0 bridgehead atoms. The average molecular weight is 374 g/mol. The quantitative estimate of drug-likeness (QED) is 0.569. The van der Waals surface area contributed by atoms with Gasteiger partial charge in [-0.1, -0.05) is 58.0 Å². The van der Waals surface area contributed by atoms with Gasteiger partial charge < -0.3 is 15.5 Å². The summed E-state index contributed by atoms with van der Waals surface area (Å²) in [5, 5.41) is 7.09. The molecule has 0 aromatic heterocycles. The van der Waals surface area contributed by atoms with Crippen LogP contribution in [0.1, 0.15) is 33.3 Å². The third-order valence-electron chi connectivity index (χ3n) is 5.73. The zero-order chi connectivity index (χ0) is 19.9. The van der Waals surface area contributed by atoms with E-state index in [0.29, 0.717) is 12.0 Å². The molecule has 0 amide bonds. The van der Waals surface area contributed by atoms with Crippen LogP contribution in [-0.4, -0.2) is 75.2 Å². The first kappa shape index (κ1) is 21.7. The van der Waals surface area contributed by atoms with Gasteiger partial charge in [-0.2, -0.15) is 0 Å². The van der Waals surface area contributed by atoms with E-state index in [2.05, 4.69) is 90.5 Å². The van der Waals surface area contributed by atoms with Gasteiger partial charge in [0.1, 0.15) is 0 Å². The molecule has 1 aromatic carbocycles. The molecule has 1 aromatic rings. The van der Waals surface area contributed by atoms with Crippen LogP contribution < -0.4 is 10.6 Å². The van der Waals surface area contributed by atoms with E-state index in [-0.39, 0.29) is 5.41 Å². The second-order valence-electron chi connectivity index (χ2n) is 8.71. The van der Waals surface area contributed by atoms with Gasteiger partial charge in [0.15, 0.2) is 5.96 Å². The summed E-state index contributed by atoms with van der Waals surface area (Å²) >= 11 is 0. The highest BCUT2D eigenvalue weighted by Gasteiger charge is 2.25. The molecule has 2 N–H and O–H groups in total. The first-order valence-corrected chi connectivity index (χ1v) is 10.3. The van der Waals surface area contributed by atoms with E-state index in [1.165, 1.54) is 5.56 Å². The summed E-state index contributed by atoms with van der Waals surface area (Å²) in [6, 6.07) is 11.2. The van der Waals surface area contributed by atoms with Gasteiger partial charge in [-0.25, -0.2) is 0 Å². The molecule has 0 aliphatic carbocycles. The van der Waals surface area contributed by atoms with Crippen LogP contribution in [0, 0.1) is 5.92 Å². The SMILES string of the molecule is CN=C(NCC(C(C)C)N1CCN(C)CC1)NCC(C)(C)c1ccccc1. The fraction of sp³-hybridized carbons (Fsp3) is 0.682. The Morgan fingerprint density at radius 3 is 2.26 bits per heavy atom. The Balaban J connectivity index is 1.88. The predicted octanol–water partition coefficient (Wildman–Crippen LogP) is 2.40. The number of guanidine groups is 1. The fourth-order valence-electron chi connectivity index (χ4n) is 3.66. The van der Waals surface area contributed by atoms with Crippen molar-refractivity contribution in [2.24, 2.45) is 10.9 Å². The van der Waals surface area contributed by atoms with E-state index in [4.69, 9.17) is 0 Å². The van der Waals surface area contributed by atoms with Crippen molar-refractivity contribution >= 4 is 5.96 Å². The predicted molar refractivity (Wildman–Crippen MR) is 117 cm³/mol. The van der Waals surface area contributed by atoms with E-state index < -0.39 is 0 Å². The van der Waals surface area contributed by atoms with Gasteiger partial charge in [-0.3, -0.25) is 9.89 Å². The van der Waals surface area contributed by atoms with Gasteiger partial charge in [0.05, 0.1) is 0 Å². The van der Waals surface area contributed by atoms with Crippen molar-refractivity contribution in [1.82, 2.24) is 20.4 Å². The van der Waals surface area contributed by atoms with Crippen molar-refractivity contribution in [2.45, 2.75) is 39.2 Å². The number of piperazine rings is 1. The van der Waals surface area contributed by atoms with Crippen LogP contribution in [0.2, 0.25) is 0 Å². The minimum Gasteiger partial charge on any atom is -0.356 e. The lowest BCUT2D eigenvalue weighted by Gasteiger charge is -2.40. The lowest BCUT2D eigenvalue weighted by molar-refractivity contribution is 0.0900. The Labute approximate surface area is 166 Å². The maximum absolute atomic E-state index is 4.44. The van der Waals surface area contributed by atoms with Gasteiger partial charge in [-0.05, 0) is 18.5 Å². The van der Waals surface area contributed by atoms with Crippen LogP contribution in [0.5, 0.6) is 0 Å². The molecule has 1 aliphatic heterocycles. The highest BCUT2D eigenvalue weighted by Crippen LogP contribution is 2.21. The molecule has 0 spiro atoms. The van der Waals surface area contributed by atoms with E-state index in [1.807, 2.05) is 7.05 Å². The summed E-state index contributed by atoms with van der Waals surface area (Å²) in [5.74, 6) is 1.50. The lowest BCUT2D eigenvalue weighted by atomic mass is 9.85. The van der Waals surface area contributed by atoms with Crippen molar-refractivity contribution in [1.29, 1.82) is 0 Å². The maximum Gasteiger partial charge on any atom is 0.191 e. The topological polar surface area (TPSA) is 42.9 Å². The first-order chi connectivity index (χ1) is 12.8. The molecule has 5 nitrogen and oxygen atoms in total. The lowest BCUT2D eigenvalue weighted by Crippen LogP contribution is -2.55. The number of hydrogen-bond donors (Lipinski definition) is 2. The van der Waals surface area contributed by atoms with Gasteiger partial charge >= 0.3 is 0 Å². The molecule has 1 saturated heterocycles. The Morgan fingerprint density at radius 1 is 1.07 bits per heavy atom. The van der Waals surface area contributed by atoms with Crippen molar-refractivity contribution in [3.8, 4) is 0 Å². The number of benzene rings is 1. The van der Waals surface area contributed by atoms with E-state index in [0.717, 1.165) is 45.2 Å². The molecule has 1 aliphatic rings. The van der Waals surface area contributed by atoms with E-state index >= 15 is 0 Å². The van der Waals surface area contributed by atoms with Gasteiger partial charge in [-0.15, -0.1) is 0 Å². The summed E-state index contributed by atoms with van der Waals surface area (Å²) in [6.07, 6.45) is 0. The minimum absolute atomic E-state index is 0.0494. The summed E-state index contributed by atoms with van der Waals surface area (Å²) < 4.78 is 0. The van der Waals surface area contributed by atoms with Crippen molar-refractivity contribution in [2.75, 3.05) is 53.4 Å². The van der Waals surface area contributed by atoms with E-state index in [9.17, 15) is 0 Å². The van der Waals surface area contributed by atoms with Crippen molar-refractivity contribution in [3.05, 3.63) is 35.9 Å². The number of rotatable bonds is 7. The molecular weight excluding hydrogens is 334 g/mol.